The third-order valence-electron chi connectivity index (χ3n) is 3.97. The molecule has 19 heavy (non-hydrogen) atoms. The van der Waals surface area contributed by atoms with Crippen LogP contribution in [0.3, 0.4) is 0 Å². The maximum absolute atomic E-state index is 6.26. The minimum atomic E-state index is 0.197. The van der Waals surface area contributed by atoms with Crippen molar-refractivity contribution in [2.45, 2.75) is 26.3 Å². The smallest absolute Gasteiger partial charge is 0.0637 e. The summed E-state index contributed by atoms with van der Waals surface area (Å²) in [6, 6.07) is 16.9. The van der Waals surface area contributed by atoms with Crippen molar-refractivity contribution in [3.8, 4) is 0 Å². The van der Waals surface area contributed by atoms with Crippen LogP contribution in [-0.2, 0) is 6.42 Å². The number of hydrogen-bond donors (Lipinski definition) is 1. The zero-order valence-corrected chi connectivity index (χ0v) is 12.0. The van der Waals surface area contributed by atoms with Crippen molar-refractivity contribution in [1.29, 1.82) is 0 Å². The summed E-state index contributed by atoms with van der Waals surface area (Å²) in [5.41, 5.74) is 4.05. The lowest BCUT2D eigenvalue weighted by Crippen LogP contribution is -2.24. The Morgan fingerprint density at radius 1 is 1.05 bits per heavy atom. The molecule has 2 aromatic carbocycles. The summed E-state index contributed by atoms with van der Waals surface area (Å²) in [6.07, 6.45) is 1.10. The maximum atomic E-state index is 6.26. The van der Waals surface area contributed by atoms with E-state index in [0.29, 0.717) is 6.04 Å². The SMILES string of the molecule is CC1(C)Cc2ccccc2C1Nc1ccccc1Cl. The molecule has 0 fully saturated rings. The standard InChI is InChI=1S/C17H18ClN/c1-17(2)11-12-7-3-4-8-13(12)16(17)19-15-10-6-5-9-14(15)18/h3-10,16,19H,11H2,1-2H3. The fraction of sp³-hybridized carbons (Fsp3) is 0.294. The number of fused-ring (bicyclic) bond motifs is 1. The second-order valence-electron chi connectivity index (χ2n) is 5.92. The summed E-state index contributed by atoms with van der Waals surface area (Å²) < 4.78 is 0. The van der Waals surface area contributed by atoms with Crippen LogP contribution in [0.2, 0.25) is 5.02 Å². The number of halogens is 1. The first-order chi connectivity index (χ1) is 9.08. The second kappa shape index (κ2) is 4.57. The number of anilines is 1. The quantitative estimate of drug-likeness (QED) is 0.804. The van der Waals surface area contributed by atoms with Crippen molar-refractivity contribution < 1.29 is 0 Å². The fourth-order valence-electron chi connectivity index (χ4n) is 3.00. The van der Waals surface area contributed by atoms with E-state index >= 15 is 0 Å². The van der Waals surface area contributed by atoms with Crippen molar-refractivity contribution in [3.05, 3.63) is 64.7 Å². The van der Waals surface area contributed by atoms with E-state index < -0.39 is 0 Å². The van der Waals surface area contributed by atoms with Crippen LogP contribution in [0, 0.1) is 5.41 Å². The Morgan fingerprint density at radius 2 is 1.74 bits per heavy atom. The molecule has 0 saturated carbocycles. The van der Waals surface area contributed by atoms with Gasteiger partial charge in [0.2, 0.25) is 0 Å². The fourth-order valence-corrected chi connectivity index (χ4v) is 3.19. The highest BCUT2D eigenvalue weighted by atomic mass is 35.5. The Kier molecular flexibility index (Phi) is 3.02. The molecular weight excluding hydrogens is 254 g/mol. The molecule has 0 bridgehead atoms. The maximum Gasteiger partial charge on any atom is 0.0637 e. The van der Waals surface area contributed by atoms with E-state index in [-0.39, 0.29) is 5.41 Å². The van der Waals surface area contributed by atoms with Crippen LogP contribution in [0.5, 0.6) is 0 Å². The normalized spacial score (nSPS) is 20.1. The van der Waals surface area contributed by atoms with Gasteiger partial charge in [-0.2, -0.15) is 0 Å². The van der Waals surface area contributed by atoms with Gasteiger partial charge in [0.25, 0.3) is 0 Å². The molecule has 1 nitrogen and oxygen atoms in total. The monoisotopic (exact) mass is 271 g/mol. The Morgan fingerprint density at radius 3 is 2.53 bits per heavy atom. The van der Waals surface area contributed by atoms with Gasteiger partial charge in [0.1, 0.15) is 0 Å². The van der Waals surface area contributed by atoms with Gasteiger partial charge in [-0.3, -0.25) is 0 Å². The predicted molar refractivity (Wildman–Crippen MR) is 81.7 cm³/mol. The van der Waals surface area contributed by atoms with Crippen molar-refractivity contribution in [2.75, 3.05) is 5.32 Å². The Hall–Kier alpha value is -1.47. The highest BCUT2D eigenvalue weighted by molar-refractivity contribution is 6.33. The van der Waals surface area contributed by atoms with Crippen molar-refractivity contribution >= 4 is 17.3 Å². The average molecular weight is 272 g/mol. The van der Waals surface area contributed by atoms with Crippen LogP contribution >= 0.6 is 11.6 Å². The molecule has 1 aliphatic rings. The third kappa shape index (κ3) is 2.23. The lowest BCUT2D eigenvalue weighted by Gasteiger charge is -2.29. The molecule has 1 aliphatic carbocycles. The van der Waals surface area contributed by atoms with E-state index in [1.54, 1.807) is 0 Å². The summed E-state index contributed by atoms with van der Waals surface area (Å²) in [5, 5.41) is 4.40. The number of rotatable bonds is 2. The first-order valence-corrected chi connectivity index (χ1v) is 7.04. The summed E-state index contributed by atoms with van der Waals surface area (Å²) >= 11 is 6.26. The van der Waals surface area contributed by atoms with E-state index in [1.165, 1.54) is 11.1 Å². The molecule has 0 radical (unpaired) electrons. The van der Waals surface area contributed by atoms with Gasteiger partial charge in [0.05, 0.1) is 16.8 Å². The van der Waals surface area contributed by atoms with E-state index in [9.17, 15) is 0 Å². The third-order valence-corrected chi connectivity index (χ3v) is 4.30. The first kappa shape index (κ1) is 12.6. The number of hydrogen-bond acceptors (Lipinski definition) is 1. The minimum Gasteiger partial charge on any atom is -0.376 e. The van der Waals surface area contributed by atoms with Crippen molar-refractivity contribution in [2.24, 2.45) is 5.41 Å². The van der Waals surface area contributed by atoms with E-state index in [0.717, 1.165) is 17.1 Å². The number of benzene rings is 2. The van der Waals surface area contributed by atoms with Gasteiger partial charge in [-0.25, -0.2) is 0 Å². The minimum absolute atomic E-state index is 0.197. The van der Waals surface area contributed by atoms with E-state index in [1.807, 2.05) is 24.3 Å². The second-order valence-corrected chi connectivity index (χ2v) is 6.33. The molecule has 1 atom stereocenters. The molecule has 98 valence electrons. The Balaban J connectivity index is 1.98. The van der Waals surface area contributed by atoms with Gasteiger partial charge in [-0.15, -0.1) is 0 Å². The van der Waals surface area contributed by atoms with Crippen LogP contribution in [-0.4, -0.2) is 0 Å². The van der Waals surface area contributed by atoms with Gasteiger partial charge in [-0.1, -0.05) is 61.8 Å². The molecule has 0 saturated heterocycles. The van der Waals surface area contributed by atoms with Crippen LogP contribution in [0.4, 0.5) is 5.69 Å². The van der Waals surface area contributed by atoms with E-state index in [4.69, 9.17) is 11.6 Å². The average Bonchev–Trinajstić information content (AvgIpc) is 2.63. The molecule has 0 aliphatic heterocycles. The Labute approximate surface area is 119 Å². The van der Waals surface area contributed by atoms with E-state index in [2.05, 4.69) is 43.4 Å². The van der Waals surface area contributed by atoms with Gasteiger partial charge in [0, 0.05) is 0 Å². The predicted octanol–water partition coefficient (Wildman–Crippen LogP) is 5.08. The highest BCUT2D eigenvalue weighted by Gasteiger charge is 2.38. The molecule has 0 heterocycles. The highest BCUT2D eigenvalue weighted by Crippen LogP contribution is 2.47. The van der Waals surface area contributed by atoms with Crippen LogP contribution in [0.25, 0.3) is 0 Å². The molecule has 1 unspecified atom stereocenters. The van der Waals surface area contributed by atoms with Gasteiger partial charge < -0.3 is 5.32 Å². The molecule has 3 rings (SSSR count). The molecule has 2 heteroatoms. The summed E-state index contributed by atoms with van der Waals surface area (Å²) in [4.78, 5) is 0. The Bertz CT molecular complexity index is 604. The summed E-state index contributed by atoms with van der Waals surface area (Å²) in [6.45, 7) is 4.61. The number of nitrogens with one attached hydrogen (secondary N) is 1. The zero-order chi connectivity index (χ0) is 13.5. The molecular formula is C17H18ClN. The largest absolute Gasteiger partial charge is 0.376 e. The first-order valence-electron chi connectivity index (χ1n) is 6.67. The molecule has 0 amide bonds. The molecule has 2 aromatic rings. The van der Waals surface area contributed by atoms with Crippen molar-refractivity contribution in [1.82, 2.24) is 0 Å². The lowest BCUT2D eigenvalue weighted by molar-refractivity contribution is 0.337. The van der Waals surface area contributed by atoms with Gasteiger partial charge >= 0.3 is 0 Å². The summed E-state index contributed by atoms with van der Waals surface area (Å²) in [7, 11) is 0. The summed E-state index contributed by atoms with van der Waals surface area (Å²) in [5.74, 6) is 0. The molecule has 0 spiro atoms. The van der Waals surface area contributed by atoms with Gasteiger partial charge in [-0.05, 0) is 35.1 Å². The zero-order valence-electron chi connectivity index (χ0n) is 11.3. The number of para-hydroxylation sites is 1. The van der Waals surface area contributed by atoms with Gasteiger partial charge in [0.15, 0.2) is 0 Å². The molecule has 0 aromatic heterocycles. The van der Waals surface area contributed by atoms with Crippen LogP contribution in [0.15, 0.2) is 48.5 Å². The van der Waals surface area contributed by atoms with Crippen LogP contribution in [0.1, 0.15) is 31.0 Å². The molecule has 1 N–H and O–H groups in total. The lowest BCUT2D eigenvalue weighted by atomic mass is 9.85. The van der Waals surface area contributed by atoms with Crippen molar-refractivity contribution in [3.63, 3.8) is 0 Å². The topological polar surface area (TPSA) is 12.0 Å². The van der Waals surface area contributed by atoms with Crippen LogP contribution < -0.4 is 5.32 Å².